The number of hydrogen-bond acceptors (Lipinski definition) is 8. The fraction of sp³-hybridized carbons (Fsp3) is 0.333. The molecule has 1 aromatic rings. The zero-order valence-electron chi connectivity index (χ0n) is 13.7. The number of esters is 2. The van der Waals surface area contributed by atoms with Crippen LogP contribution in [0.25, 0.3) is 0 Å². The normalized spacial score (nSPS) is 14.3. The molecule has 25 heavy (non-hydrogen) atoms. The second kappa shape index (κ2) is 7.26. The van der Waals surface area contributed by atoms with E-state index in [2.05, 4.69) is 9.47 Å². The summed E-state index contributed by atoms with van der Waals surface area (Å²) in [5, 5.41) is 11.1. The predicted molar refractivity (Wildman–Crippen MR) is 82.1 cm³/mol. The van der Waals surface area contributed by atoms with E-state index in [1.807, 2.05) is 0 Å². The molecule has 10 heteroatoms. The van der Waals surface area contributed by atoms with E-state index in [1.165, 1.54) is 6.92 Å². The van der Waals surface area contributed by atoms with Crippen LogP contribution in [0.4, 0.5) is 15.8 Å². The Labute approximate surface area is 141 Å². The van der Waals surface area contributed by atoms with Gasteiger partial charge in [0.2, 0.25) is 0 Å². The maximum atomic E-state index is 13.9. The number of carbonyl (C=O) groups is 2. The molecule has 134 valence electrons. The lowest BCUT2D eigenvalue weighted by Crippen LogP contribution is -2.39. The number of ether oxygens (including phenoxy) is 3. The Morgan fingerprint density at radius 1 is 1.28 bits per heavy atom. The number of methoxy groups -OCH3 is 2. The fourth-order valence-corrected chi connectivity index (χ4v) is 2.45. The van der Waals surface area contributed by atoms with Crippen molar-refractivity contribution in [3.63, 3.8) is 0 Å². The number of rotatable bonds is 4. The highest BCUT2D eigenvalue weighted by Gasteiger charge is 2.34. The topological polar surface area (TPSA) is 108 Å². The van der Waals surface area contributed by atoms with Gasteiger partial charge in [0.15, 0.2) is 0 Å². The van der Waals surface area contributed by atoms with Gasteiger partial charge in [-0.05, 0) is 13.0 Å². The fourth-order valence-electron chi connectivity index (χ4n) is 2.45. The largest absolute Gasteiger partial charge is 0.466 e. The number of anilines is 1. The molecule has 0 aliphatic carbocycles. The first-order valence-corrected chi connectivity index (χ1v) is 7.01. The maximum absolute atomic E-state index is 13.9. The van der Waals surface area contributed by atoms with Crippen LogP contribution in [-0.4, -0.2) is 44.4 Å². The van der Waals surface area contributed by atoms with Crippen LogP contribution in [0.1, 0.15) is 5.56 Å². The van der Waals surface area contributed by atoms with Crippen molar-refractivity contribution in [2.75, 3.05) is 32.5 Å². The summed E-state index contributed by atoms with van der Waals surface area (Å²) in [6, 6.07) is 1.78. The van der Waals surface area contributed by atoms with Crippen LogP contribution in [0, 0.1) is 22.9 Å². The second-order valence-electron chi connectivity index (χ2n) is 5.04. The van der Waals surface area contributed by atoms with Gasteiger partial charge in [-0.1, -0.05) is 0 Å². The summed E-state index contributed by atoms with van der Waals surface area (Å²) in [5.74, 6) is -2.58. The van der Waals surface area contributed by atoms with Crippen LogP contribution in [-0.2, 0) is 23.8 Å². The molecule has 0 saturated heterocycles. The van der Waals surface area contributed by atoms with Crippen LogP contribution in [0.3, 0.4) is 0 Å². The quantitative estimate of drug-likeness (QED) is 0.454. The molecule has 0 bridgehead atoms. The summed E-state index contributed by atoms with van der Waals surface area (Å²) in [4.78, 5) is 35.6. The van der Waals surface area contributed by atoms with E-state index in [1.54, 1.807) is 0 Å². The molecular formula is C15H15FN2O7. The minimum atomic E-state index is -0.880. The van der Waals surface area contributed by atoms with Gasteiger partial charge in [0.25, 0.3) is 5.69 Å². The first-order chi connectivity index (χ1) is 11.8. The number of nitrogens with zero attached hydrogens (tertiary/aromatic N) is 2. The molecule has 0 spiro atoms. The molecule has 1 aliphatic heterocycles. The molecule has 1 aliphatic rings. The molecule has 0 fully saturated rings. The molecule has 9 nitrogen and oxygen atoms in total. The van der Waals surface area contributed by atoms with Crippen molar-refractivity contribution in [3.8, 4) is 0 Å². The molecule has 1 aromatic carbocycles. The summed E-state index contributed by atoms with van der Waals surface area (Å²) >= 11 is 0. The predicted octanol–water partition coefficient (Wildman–Crippen LogP) is 1.44. The third-order valence-corrected chi connectivity index (χ3v) is 3.64. The van der Waals surface area contributed by atoms with Crippen molar-refractivity contribution < 1.29 is 33.1 Å². The van der Waals surface area contributed by atoms with Gasteiger partial charge < -0.3 is 19.1 Å². The van der Waals surface area contributed by atoms with Crippen LogP contribution in [0.2, 0.25) is 0 Å². The minimum Gasteiger partial charge on any atom is -0.466 e. The summed E-state index contributed by atoms with van der Waals surface area (Å²) in [6.45, 7) is 0.949. The second-order valence-corrected chi connectivity index (χ2v) is 5.04. The van der Waals surface area contributed by atoms with Gasteiger partial charge in [-0.25, -0.2) is 14.0 Å². The average Bonchev–Trinajstić information content (AvgIpc) is 2.61. The zero-order valence-corrected chi connectivity index (χ0v) is 13.7. The molecule has 0 amide bonds. The van der Waals surface area contributed by atoms with Crippen molar-refractivity contribution in [2.24, 2.45) is 0 Å². The molecule has 0 unspecified atom stereocenters. The molecule has 0 saturated carbocycles. The van der Waals surface area contributed by atoms with Crippen molar-refractivity contribution in [1.82, 2.24) is 0 Å². The number of nitro groups is 1. The van der Waals surface area contributed by atoms with Crippen LogP contribution < -0.4 is 4.90 Å². The van der Waals surface area contributed by atoms with Crippen LogP contribution in [0.15, 0.2) is 23.4 Å². The Morgan fingerprint density at radius 2 is 1.92 bits per heavy atom. The Bertz CT molecular complexity index is 775. The summed E-state index contributed by atoms with van der Waals surface area (Å²) in [6.07, 6.45) is 0. The minimum absolute atomic E-state index is 0.00760. The highest BCUT2D eigenvalue weighted by atomic mass is 19.1. The average molecular weight is 354 g/mol. The highest BCUT2D eigenvalue weighted by Crippen LogP contribution is 2.34. The van der Waals surface area contributed by atoms with E-state index < -0.39 is 28.4 Å². The molecule has 0 radical (unpaired) electrons. The van der Waals surface area contributed by atoms with Crippen molar-refractivity contribution in [2.45, 2.75) is 6.92 Å². The van der Waals surface area contributed by atoms with E-state index in [0.717, 1.165) is 31.3 Å². The molecule has 0 N–H and O–H groups in total. The first kappa shape index (κ1) is 18.3. The van der Waals surface area contributed by atoms with Crippen molar-refractivity contribution in [1.29, 1.82) is 0 Å². The van der Waals surface area contributed by atoms with E-state index in [-0.39, 0.29) is 35.9 Å². The number of carbonyl (C=O) groups excluding carboxylic acids is 2. The van der Waals surface area contributed by atoms with Crippen LogP contribution >= 0.6 is 0 Å². The van der Waals surface area contributed by atoms with Gasteiger partial charge >= 0.3 is 11.9 Å². The monoisotopic (exact) mass is 354 g/mol. The standard InChI is InChI=1S/C15H15FN2O7/c1-8-11(4-9(16)5-12(8)18(21)22)17-7-25-6-10(14(19)23-2)13(17)15(20)24-3/h4-5H,6-7H2,1-3H3. The van der Waals surface area contributed by atoms with Crippen molar-refractivity contribution in [3.05, 3.63) is 44.9 Å². The Hall–Kier alpha value is -3.01. The van der Waals surface area contributed by atoms with Gasteiger partial charge in [-0.3, -0.25) is 10.1 Å². The zero-order chi connectivity index (χ0) is 18.7. The number of nitro benzene ring substituents is 1. The maximum Gasteiger partial charge on any atom is 0.355 e. The lowest BCUT2D eigenvalue weighted by Gasteiger charge is -2.32. The summed E-state index contributed by atoms with van der Waals surface area (Å²) in [7, 11) is 2.24. The van der Waals surface area contributed by atoms with E-state index in [4.69, 9.17) is 4.74 Å². The highest BCUT2D eigenvalue weighted by molar-refractivity contribution is 6.03. The summed E-state index contributed by atoms with van der Waals surface area (Å²) < 4.78 is 28.4. The molecule has 2 rings (SSSR count). The molecular weight excluding hydrogens is 339 g/mol. The third-order valence-electron chi connectivity index (χ3n) is 3.64. The molecule has 0 aromatic heterocycles. The van der Waals surface area contributed by atoms with Gasteiger partial charge in [-0.2, -0.15) is 0 Å². The van der Waals surface area contributed by atoms with Crippen molar-refractivity contribution >= 4 is 23.3 Å². The van der Waals surface area contributed by atoms with Gasteiger partial charge in [0, 0.05) is 0 Å². The summed E-state index contributed by atoms with van der Waals surface area (Å²) in [5.41, 5.74) is -0.712. The number of hydrogen-bond donors (Lipinski definition) is 0. The van der Waals surface area contributed by atoms with Gasteiger partial charge in [-0.15, -0.1) is 0 Å². The first-order valence-electron chi connectivity index (χ1n) is 7.01. The number of benzene rings is 1. The van der Waals surface area contributed by atoms with E-state index >= 15 is 0 Å². The Balaban J connectivity index is 2.70. The van der Waals surface area contributed by atoms with E-state index in [9.17, 15) is 24.1 Å². The van der Waals surface area contributed by atoms with E-state index in [0.29, 0.717) is 0 Å². The Kier molecular flexibility index (Phi) is 5.32. The lowest BCUT2D eigenvalue weighted by molar-refractivity contribution is -0.385. The van der Waals surface area contributed by atoms with Gasteiger partial charge in [0.1, 0.15) is 18.2 Å². The molecule has 1 heterocycles. The third kappa shape index (κ3) is 3.43. The van der Waals surface area contributed by atoms with Crippen LogP contribution in [0.5, 0.6) is 0 Å². The number of halogens is 1. The smallest absolute Gasteiger partial charge is 0.355 e. The molecule has 0 atom stereocenters. The van der Waals surface area contributed by atoms with Gasteiger partial charge in [0.05, 0.1) is 48.6 Å². The lowest BCUT2D eigenvalue weighted by atomic mass is 10.1. The SMILES string of the molecule is COC(=O)C1=C(C(=O)OC)N(c2cc(F)cc([N+](=O)[O-])c2C)COC1. The Morgan fingerprint density at radius 3 is 2.48 bits per heavy atom.